The molecular weight excluding hydrogens is 438 g/mol. The number of carbonyl (C=O) groups excluding carboxylic acids is 2. The quantitative estimate of drug-likeness (QED) is 0.363. The first-order valence-corrected chi connectivity index (χ1v) is 12.0. The van der Waals surface area contributed by atoms with E-state index in [0.29, 0.717) is 24.5 Å². The van der Waals surface area contributed by atoms with E-state index in [1.165, 1.54) is 4.90 Å². The monoisotopic (exact) mass is 467 g/mol. The van der Waals surface area contributed by atoms with Gasteiger partial charge in [-0.2, -0.15) is 0 Å². The van der Waals surface area contributed by atoms with Crippen LogP contribution in [0, 0.1) is 11.8 Å². The Morgan fingerprint density at radius 1 is 0.686 bits per heavy atom. The maximum absolute atomic E-state index is 13.8. The zero-order valence-electron chi connectivity index (χ0n) is 20.0. The number of hydrogen-bond donors (Lipinski definition) is 0. The minimum Gasteiger partial charge on any atom is -0.493 e. The van der Waals surface area contributed by atoms with Crippen LogP contribution < -0.4 is 9.47 Å². The summed E-state index contributed by atoms with van der Waals surface area (Å²) in [6, 6.07) is 25.7. The summed E-state index contributed by atoms with van der Waals surface area (Å²) in [6.45, 7) is 0.336. The Labute approximate surface area is 206 Å². The fraction of sp³-hybridized carbons (Fsp3) is 0.267. The first-order chi connectivity index (χ1) is 17.1. The standard InChI is InChI=1S/C30H29NO4/c1-34-25-16-13-20(19-26(25)35-2)17-18-31-29(32)27-23(21-9-5-3-6-10-21)14-15-24(28(27)30(31)33)22-11-7-4-8-12-22/h3-16,19,23-24,27-28H,17-18H2,1-2H3/t23-,24-,27+,28+/m0/s1. The van der Waals surface area contributed by atoms with E-state index in [1.54, 1.807) is 14.2 Å². The predicted octanol–water partition coefficient (Wildman–Crippen LogP) is 4.98. The molecule has 4 atom stereocenters. The van der Waals surface area contributed by atoms with E-state index in [-0.39, 0.29) is 23.7 Å². The molecule has 178 valence electrons. The van der Waals surface area contributed by atoms with Gasteiger partial charge in [-0.1, -0.05) is 78.9 Å². The topological polar surface area (TPSA) is 55.8 Å². The van der Waals surface area contributed by atoms with Crippen molar-refractivity contribution in [3.8, 4) is 11.5 Å². The molecule has 0 radical (unpaired) electrons. The Hall–Kier alpha value is -3.86. The smallest absolute Gasteiger partial charge is 0.234 e. The lowest BCUT2D eigenvalue weighted by Crippen LogP contribution is -2.33. The number of imide groups is 1. The lowest BCUT2D eigenvalue weighted by atomic mass is 9.68. The number of benzene rings is 3. The van der Waals surface area contributed by atoms with Crippen LogP contribution >= 0.6 is 0 Å². The molecule has 5 nitrogen and oxygen atoms in total. The molecule has 0 bridgehead atoms. The van der Waals surface area contributed by atoms with E-state index in [0.717, 1.165) is 16.7 Å². The third-order valence-corrected chi connectivity index (χ3v) is 7.23. The van der Waals surface area contributed by atoms with Crippen molar-refractivity contribution < 1.29 is 19.1 Å². The van der Waals surface area contributed by atoms with Crippen LogP contribution in [0.4, 0.5) is 0 Å². The summed E-state index contributed by atoms with van der Waals surface area (Å²) in [7, 11) is 3.20. The van der Waals surface area contributed by atoms with Gasteiger partial charge in [0, 0.05) is 18.4 Å². The second kappa shape index (κ2) is 9.79. The first kappa shape index (κ1) is 22.9. The minimum atomic E-state index is -0.412. The molecule has 5 heteroatoms. The van der Waals surface area contributed by atoms with Crippen molar-refractivity contribution in [3.63, 3.8) is 0 Å². The molecule has 0 aromatic heterocycles. The molecule has 0 saturated carbocycles. The number of methoxy groups -OCH3 is 2. The highest BCUT2D eigenvalue weighted by atomic mass is 16.5. The Morgan fingerprint density at radius 3 is 1.69 bits per heavy atom. The number of ether oxygens (including phenoxy) is 2. The van der Waals surface area contributed by atoms with E-state index in [9.17, 15) is 9.59 Å². The highest BCUT2D eigenvalue weighted by Crippen LogP contribution is 2.49. The van der Waals surface area contributed by atoms with Gasteiger partial charge in [0.05, 0.1) is 26.1 Å². The second-order valence-electron chi connectivity index (χ2n) is 9.08. The van der Waals surface area contributed by atoms with Crippen molar-refractivity contribution in [3.05, 3.63) is 108 Å². The second-order valence-corrected chi connectivity index (χ2v) is 9.08. The predicted molar refractivity (Wildman–Crippen MR) is 134 cm³/mol. The molecule has 1 saturated heterocycles. The number of rotatable bonds is 7. The van der Waals surface area contributed by atoms with Gasteiger partial charge in [-0.25, -0.2) is 0 Å². The van der Waals surface area contributed by atoms with Crippen LogP contribution in [0.2, 0.25) is 0 Å². The van der Waals surface area contributed by atoms with Gasteiger partial charge in [-0.05, 0) is 35.2 Å². The van der Waals surface area contributed by atoms with Gasteiger partial charge in [0.2, 0.25) is 11.8 Å². The number of allylic oxidation sites excluding steroid dienone is 2. The molecule has 3 aromatic rings. The number of carbonyl (C=O) groups is 2. The SMILES string of the molecule is COc1ccc(CCN2C(=O)[C@H]3[C@H](C2=O)[C@H](c2ccccc2)C=C[C@H]3c2ccccc2)cc1OC. The van der Waals surface area contributed by atoms with Crippen molar-refractivity contribution in [2.45, 2.75) is 18.3 Å². The summed E-state index contributed by atoms with van der Waals surface area (Å²) in [5.74, 6) is 0.0518. The summed E-state index contributed by atoms with van der Waals surface area (Å²) >= 11 is 0. The zero-order chi connectivity index (χ0) is 24.4. The minimum absolute atomic E-state index is 0.0837. The van der Waals surface area contributed by atoms with E-state index in [2.05, 4.69) is 12.2 Å². The molecule has 0 spiro atoms. The van der Waals surface area contributed by atoms with Crippen LogP contribution in [0.5, 0.6) is 11.5 Å². The van der Waals surface area contributed by atoms with Crippen LogP contribution in [-0.4, -0.2) is 37.5 Å². The van der Waals surface area contributed by atoms with Crippen LogP contribution in [0.15, 0.2) is 91.0 Å². The molecule has 1 fully saturated rings. The van der Waals surface area contributed by atoms with Gasteiger partial charge in [-0.3, -0.25) is 14.5 Å². The molecule has 3 aromatic carbocycles. The summed E-state index contributed by atoms with van der Waals surface area (Å²) in [6.07, 6.45) is 4.80. The third-order valence-electron chi connectivity index (χ3n) is 7.23. The molecule has 2 aliphatic rings. The number of nitrogens with zero attached hydrogens (tertiary/aromatic N) is 1. The number of fused-ring (bicyclic) bond motifs is 1. The van der Waals surface area contributed by atoms with Crippen molar-refractivity contribution in [2.75, 3.05) is 20.8 Å². The van der Waals surface area contributed by atoms with E-state index in [4.69, 9.17) is 9.47 Å². The van der Waals surface area contributed by atoms with Gasteiger partial charge in [0.15, 0.2) is 11.5 Å². The summed E-state index contributed by atoms with van der Waals surface area (Å²) < 4.78 is 10.7. The molecule has 35 heavy (non-hydrogen) atoms. The van der Waals surface area contributed by atoms with Gasteiger partial charge in [0.1, 0.15) is 0 Å². The molecular formula is C30H29NO4. The molecule has 1 heterocycles. The molecule has 1 aliphatic carbocycles. The molecule has 0 N–H and O–H groups in total. The normalized spacial score (nSPS) is 23.3. The van der Waals surface area contributed by atoms with Crippen LogP contribution in [-0.2, 0) is 16.0 Å². The third kappa shape index (κ3) is 4.23. The largest absolute Gasteiger partial charge is 0.493 e. The number of likely N-dealkylation sites (tertiary alicyclic amines) is 1. The van der Waals surface area contributed by atoms with Crippen LogP contribution in [0.1, 0.15) is 28.5 Å². The Bertz CT molecular complexity index is 1170. The van der Waals surface area contributed by atoms with Crippen molar-refractivity contribution in [2.24, 2.45) is 11.8 Å². The molecule has 1 aliphatic heterocycles. The van der Waals surface area contributed by atoms with E-state index in [1.807, 2.05) is 78.9 Å². The lowest BCUT2D eigenvalue weighted by Gasteiger charge is -2.32. The molecule has 2 amide bonds. The summed E-state index contributed by atoms with van der Waals surface area (Å²) in [4.78, 5) is 29.0. The van der Waals surface area contributed by atoms with Crippen molar-refractivity contribution in [1.82, 2.24) is 4.90 Å². The zero-order valence-corrected chi connectivity index (χ0v) is 20.0. The Kier molecular flexibility index (Phi) is 6.41. The fourth-order valence-electron chi connectivity index (χ4n) is 5.49. The highest BCUT2D eigenvalue weighted by Gasteiger charge is 2.54. The van der Waals surface area contributed by atoms with Crippen LogP contribution in [0.25, 0.3) is 0 Å². The molecule has 5 rings (SSSR count). The lowest BCUT2D eigenvalue weighted by molar-refractivity contribution is -0.139. The number of hydrogen-bond acceptors (Lipinski definition) is 4. The van der Waals surface area contributed by atoms with Crippen LogP contribution in [0.3, 0.4) is 0 Å². The first-order valence-electron chi connectivity index (χ1n) is 12.0. The number of amides is 2. The Balaban J connectivity index is 1.45. The molecule has 0 unspecified atom stereocenters. The summed E-state index contributed by atoms with van der Waals surface area (Å²) in [5.41, 5.74) is 3.11. The fourth-order valence-corrected chi connectivity index (χ4v) is 5.49. The highest BCUT2D eigenvalue weighted by molar-refractivity contribution is 6.06. The van der Waals surface area contributed by atoms with Gasteiger partial charge >= 0.3 is 0 Å². The van der Waals surface area contributed by atoms with Crippen molar-refractivity contribution >= 4 is 11.8 Å². The van der Waals surface area contributed by atoms with Gasteiger partial charge in [-0.15, -0.1) is 0 Å². The maximum Gasteiger partial charge on any atom is 0.234 e. The van der Waals surface area contributed by atoms with Crippen molar-refractivity contribution in [1.29, 1.82) is 0 Å². The summed E-state index contributed by atoms with van der Waals surface area (Å²) in [5, 5.41) is 0. The van der Waals surface area contributed by atoms with E-state index < -0.39 is 11.8 Å². The Morgan fingerprint density at radius 2 is 1.20 bits per heavy atom. The van der Waals surface area contributed by atoms with E-state index >= 15 is 0 Å². The average molecular weight is 468 g/mol. The van der Waals surface area contributed by atoms with Gasteiger partial charge < -0.3 is 9.47 Å². The average Bonchev–Trinajstić information content (AvgIpc) is 3.17. The van der Waals surface area contributed by atoms with Gasteiger partial charge in [0.25, 0.3) is 0 Å². The maximum atomic E-state index is 13.8.